The van der Waals surface area contributed by atoms with Crippen molar-refractivity contribution in [2.75, 3.05) is 33.2 Å². The number of hydrogen-bond acceptors (Lipinski definition) is 4. The monoisotopic (exact) mass is 402 g/mol. The number of pyridine rings is 1. The zero-order chi connectivity index (χ0) is 20.6. The predicted molar refractivity (Wildman–Crippen MR) is 109 cm³/mol. The van der Waals surface area contributed by atoms with Crippen LogP contribution in [-0.4, -0.2) is 49.0 Å². The number of halogens is 2. The van der Waals surface area contributed by atoms with Crippen molar-refractivity contribution in [1.29, 1.82) is 0 Å². The largest absolute Gasteiger partial charge is 0.345 e. The summed E-state index contributed by atoms with van der Waals surface area (Å²) in [7, 11) is 2.05. The highest BCUT2D eigenvalue weighted by molar-refractivity contribution is 5.87. The molecule has 0 aliphatic carbocycles. The van der Waals surface area contributed by atoms with E-state index in [2.05, 4.69) is 27.4 Å². The molecular weight excluding hydrogens is 374 g/mol. The number of alkyl halides is 2. The number of piperidine rings is 1. The Morgan fingerprint density at radius 1 is 1.38 bits per heavy atom. The Bertz CT molecular complexity index is 900. The average Bonchev–Trinajstić information content (AvgIpc) is 2.65. The third-order valence-corrected chi connectivity index (χ3v) is 6.16. The minimum absolute atomic E-state index is 0.0222. The summed E-state index contributed by atoms with van der Waals surface area (Å²) in [6.07, 6.45) is 0.198. The smallest absolute Gasteiger partial charge is 0.265 e. The highest BCUT2D eigenvalue weighted by Gasteiger charge is 2.40. The molecule has 5 nitrogen and oxygen atoms in total. The highest BCUT2D eigenvalue weighted by Crippen LogP contribution is 2.38. The highest BCUT2D eigenvalue weighted by atomic mass is 19.3. The SMILES string of the molecule is C[C@@H]1CNC[C@](NC(=O)CC2CN(C)C2)(c2ccc(C(F)F)c3ncccc23)C1. The quantitative estimate of drug-likeness (QED) is 0.807. The van der Waals surface area contributed by atoms with Crippen LogP contribution in [0, 0.1) is 11.8 Å². The van der Waals surface area contributed by atoms with Gasteiger partial charge in [-0.1, -0.05) is 25.1 Å². The van der Waals surface area contributed by atoms with E-state index in [0.717, 1.165) is 31.6 Å². The van der Waals surface area contributed by atoms with Gasteiger partial charge in [0.2, 0.25) is 5.91 Å². The van der Waals surface area contributed by atoms with Crippen LogP contribution in [0.3, 0.4) is 0 Å². The Morgan fingerprint density at radius 2 is 2.17 bits per heavy atom. The molecule has 2 atom stereocenters. The predicted octanol–water partition coefficient (Wildman–Crippen LogP) is 3.07. The normalized spacial score (nSPS) is 25.9. The van der Waals surface area contributed by atoms with Gasteiger partial charge in [-0.2, -0.15) is 0 Å². The van der Waals surface area contributed by atoms with Gasteiger partial charge in [-0.15, -0.1) is 0 Å². The topological polar surface area (TPSA) is 57.3 Å². The van der Waals surface area contributed by atoms with E-state index < -0.39 is 12.0 Å². The molecule has 0 spiro atoms. The Hall–Kier alpha value is -2.12. The molecule has 4 rings (SSSR count). The number of hydrogen-bond donors (Lipinski definition) is 2. The molecule has 0 radical (unpaired) electrons. The van der Waals surface area contributed by atoms with Crippen molar-refractivity contribution in [2.45, 2.75) is 31.7 Å². The summed E-state index contributed by atoms with van der Waals surface area (Å²) in [5.74, 6) is 0.750. The van der Waals surface area contributed by atoms with Gasteiger partial charge >= 0.3 is 0 Å². The zero-order valence-electron chi connectivity index (χ0n) is 16.9. The maximum atomic E-state index is 13.5. The molecule has 3 heterocycles. The molecule has 156 valence electrons. The molecule has 2 N–H and O–H groups in total. The standard InChI is InChI=1S/C22H28F2N4O/c1-14-9-22(13-25-10-14,27-19(29)8-15-11-28(2)12-15)18-6-5-17(21(23)24)20-16(18)4-3-7-26-20/h3-7,14-15,21,25H,8-13H2,1-2H3,(H,27,29)/t14-,22-/m0/s1. The van der Waals surface area contributed by atoms with Crippen LogP contribution in [0.25, 0.3) is 10.9 Å². The molecule has 0 unspecified atom stereocenters. The second kappa shape index (κ2) is 7.95. The van der Waals surface area contributed by atoms with E-state index in [9.17, 15) is 13.6 Å². The van der Waals surface area contributed by atoms with Crippen molar-refractivity contribution < 1.29 is 13.6 Å². The molecule has 1 aromatic carbocycles. The van der Waals surface area contributed by atoms with Gasteiger partial charge in [-0.3, -0.25) is 9.78 Å². The summed E-state index contributed by atoms with van der Waals surface area (Å²) >= 11 is 0. The molecule has 0 saturated carbocycles. The number of carbonyl (C=O) groups is 1. The lowest BCUT2D eigenvalue weighted by atomic mass is 9.77. The Labute approximate surface area is 169 Å². The zero-order valence-corrected chi connectivity index (χ0v) is 16.9. The molecule has 2 aromatic rings. The first-order valence-electron chi connectivity index (χ1n) is 10.2. The second-order valence-corrected chi connectivity index (χ2v) is 8.76. The number of carbonyl (C=O) groups excluding carboxylic acids is 1. The number of nitrogens with one attached hydrogen (secondary N) is 2. The van der Waals surface area contributed by atoms with E-state index in [0.29, 0.717) is 35.7 Å². The van der Waals surface area contributed by atoms with Crippen molar-refractivity contribution >= 4 is 16.8 Å². The Balaban J connectivity index is 1.72. The summed E-state index contributed by atoms with van der Waals surface area (Å²) in [5, 5.41) is 7.41. The molecule has 2 fully saturated rings. The molecule has 0 bridgehead atoms. The molecule has 2 aliphatic rings. The van der Waals surface area contributed by atoms with Crippen molar-refractivity contribution in [3.8, 4) is 0 Å². The summed E-state index contributed by atoms with van der Waals surface area (Å²) < 4.78 is 27.1. The summed E-state index contributed by atoms with van der Waals surface area (Å²) in [4.78, 5) is 19.4. The van der Waals surface area contributed by atoms with Crippen molar-refractivity contribution in [3.05, 3.63) is 41.6 Å². The number of rotatable bonds is 5. The van der Waals surface area contributed by atoms with Gasteiger partial charge in [0.25, 0.3) is 6.43 Å². The van der Waals surface area contributed by atoms with Crippen LogP contribution < -0.4 is 10.6 Å². The Morgan fingerprint density at radius 3 is 2.86 bits per heavy atom. The maximum Gasteiger partial charge on any atom is 0.265 e. The molecule has 1 amide bonds. The van der Waals surface area contributed by atoms with E-state index >= 15 is 0 Å². The fourth-order valence-electron chi connectivity index (χ4n) is 4.96. The molecular formula is C22H28F2N4O. The van der Waals surface area contributed by atoms with E-state index in [1.165, 1.54) is 12.3 Å². The lowest BCUT2D eigenvalue weighted by molar-refractivity contribution is -0.125. The van der Waals surface area contributed by atoms with Gasteiger partial charge in [-0.25, -0.2) is 8.78 Å². The number of nitrogens with zero attached hydrogens (tertiary/aromatic N) is 2. The first-order valence-corrected chi connectivity index (χ1v) is 10.2. The van der Waals surface area contributed by atoms with Gasteiger partial charge in [0, 0.05) is 43.2 Å². The van der Waals surface area contributed by atoms with Crippen LogP contribution in [-0.2, 0) is 10.3 Å². The van der Waals surface area contributed by atoms with Crippen LogP contribution >= 0.6 is 0 Å². The molecule has 29 heavy (non-hydrogen) atoms. The summed E-state index contributed by atoms with van der Waals surface area (Å²) in [6, 6.07) is 6.81. The van der Waals surface area contributed by atoms with Crippen LogP contribution in [0.1, 0.15) is 37.3 Å². The number of likely N-dealkylation sites (tertiary alicyclic amines) is 1. The summed E-state index contributed by atoms with van der Waals surface area (Å²) in [5.41, 5.74) is 0.475. The van der Waals surface area contributed by atoms with Crippen molar-refractivity contribution in [3.63, 3.8) is 0 Å². The molecule has 2 aliphatic heterocycles. The van der Waals surface area contributed by atoms with Gasteiger partial charge in [0.05, 0.1) is 11.1 Å². The van der Waals surface area contributed by atoms with E-state index in [4.69, 9.17) is 0 Å². The fourth-order valence-corrected chi connectivity index (χ4v) is 4.96. The van der Waals surface area contributed by atoms with Crippen molar-refractivity contribution in [2.24, 2.45) is 11.8 Å². The van der Waals surface area contributed by atoms with Crippen LogP contribution in [0.15, 0.2) is 30.5 Å². The van der Waals surface area contributed by atoms with Gasteiger partial charge in [-0.05, 0) is 43.5 Å². The molecule has 7 heteroatoms. The average molecular weight is 402 g/mol. The minimum Gasteiger partial charge on any atom is -0.345 e. The van der Waals surface area contributed by atoms with Crippen molar-refractivity contribution in [1.82, 2.24) is 20.5 Å². The Kier molecular flexibility index (Phi) is 5.53. The third kappa shape index (κ3) is 3.98. The number of amides is 1. The fraction of sp³-hybridized carbons (Fsp3) is 0.545. The van der Waals surface area contributed by atoms with E-state index in [1.807, 2.05) is 13.1 Å². The summed E-state index contributed by atoms with van der Waals surface area (Å²) in [6.45, 7) is 5.46. The lowest BCUT2D eigenvalue weighted by Gasteiger charge is -2.43. The number of fused-ring (bicyclic) bond motifs is 1. The van der Waals surface area contributed by atoms with E-state index in [-0.39, 0.29) is 11.5 Å². The van der Waals surface area contributed by atoms with Crippen LogP contribution in [0.4, 0.5) is 8.78 Å². The minimum atomic E-state index is -2.59. The third-order valence-electron chi connectivity index (χ3n) is 6.16. The van der Waals surface area contributed by atoms with Crippen LogP contribution in [0.5, 0.6) is 0 Å². The molecule has 2 saturated heterocycles. The number of aromatic nitrogens is 1. The first kappa shape index (κ1) is 20.2. The lowest BCUT2D eigenvalue weighted by Crippen LogP contribution is -2.58. The maximum absolute atomic E-state index is 13.5. The van der Waals surface area contributed by atoms with Gasteiger partial charge in [0.1, 0.15) is 0 Å². The number of benzene rings is 1. The van der Waals surface area contributed by atoms with Crippen LogP contribution in [0.2, 0.25) is 0 Å². The van der Waals surface area contributed by atoms with Gasteiger partial charge in [0.15, 0.2) is 0 Å². The second-order valence-electron chi connectivity index (χ2n) is 8.76. The molecule has 1 aromatic heterocycles. The first-order chi connectivity index (χ1) is 13.9. The van der Waals surface area contributed by atoms with E-state index in [1.54, 1.807) is 12.1 Å². The van der Waals surface area contributed by atoms with Gasteiger partial charge < -0.3 is 15.5 Å².